The van der Waals surface area contributed by atoms with Crippen molar-refractivity contribution in [1.29, 1.82) is 0 Å². The number of hydrogen-bond donors (Lipinski definition) is 1. The van der Waals surface area contributed by atoms with Crippen molar-refractivity contribution in [2.75, 3.05) is 12.3 Å². The van der Waals surface area contributed by atoms with Gasteiger partial charge in [0, 0.05) is 12.1 Å². The number of rotatable bonds is 3. The largest absolute Gasteiger partial charge is 0.491 e. The Morgan fingerprint density at radius 1 is 1.29 bits per heavy atom. The second kappa shape index (κ2) is 5.58. The summed E-state index contributed by atoms with van der Waals surface area (Å²) in [6, 6.07) is 2.66. The Hall–Kier alpha value is -0.960. The Morgan fingerprint density at radius 2 is 2.00 bits per heavy atom. The van der Waals surface area contributed by atoms with Crippen LogP contribution in [0.25, 0.3) is 0 Å². The van der Waals surface area contributed by atoms with Gasteiger partial charge in [0.1, 0.15) is 11.6 Å². The molecule has 0 bridgehead atoms. The Bertz CT molecular complexity index is 391. The summed E-state index contributed by atoms with van der Waals surface area (Å²) in [6.07, 6.45) is 6.27. The zero-order valence-corrected chi connectivity index (χ0v) is 10.5. The number of ether oxygens (including phenoxy) is 1. The molecule has 4 heteroatoms. The van der Waals surface area contributed by atoms with Crippen LogP contribution in [0.4, 0.5) is 10.1 Å². The molecule has 1 fully saturated rings. The highest BCUT2D eigenvalue weighted by molar-refractivity contribution is 6.31. The summed E-state index contributed by atoms with van der Waals surface area (Å²) >= 11 is 5.70. The van der Waals surface area contributed by atoms with E-state index in [-0.39, 0.29) is 5.02 Å². The van der Waals surface area contributed by atoms with Crippen molar-refractivity contribution in [3.8, 4) is 5.75 Å². The fourth-order valence-electron chi connectivity index (χ4n) is 2.23. The summed E-state index contributed by atoms with van der Waals surface area (Å²) in [7, 11) is 0. The zero-order chi connectivity index (χ0) is 12.3. The number of anilines is 1. The first-order valence-electron chi connectivity index (χ1n) is 6.04. The highest BCUT2D eigenvalue weighted by atomic mass is 35.5. The van der Waals surface area contributed by atoms with Gasteiger partial charge in [-0.05, 0) is 18.8 Å². The molecule has 1 aromatic rings. The van der Waals surface area contributed by atoms with Gasteiger partial charge < -0.3 is 10.5 Å². The van der Waals surface area contributed by atoms with Crippen LogP contribution in [0.5, 0.6) is 5.75 Å². The highest BCUT2D eigenvalue weighted by Crippen LogP contribution is 2.30. The van der Waals surface area contributed by atoms with Gasteiger partial charge in [-0.2, -0.15) is 0 Å². The number of hydrogen-bond acceptors (Lipinski definition) is 2. The number of nitrogen functional groups attached to an aromatic ring is 1. The van der Waals surface area contributed by atoms with E-state index in [1.54, 1.807) is 0 Å². The van der Waals surface area contributed by atoms with E-state index >= 15 is 0 Å². The van der Waals surface area contributed by atoms with E-state index in [9.17, 15) is 4.39 Å². The van der Waals surface area contributed by atoms with Crippen molar-refractivity contribution in [3.63, 3.8) is 0 Å². The van der Waals surface area contributed by atoms with Crippen LogP contribution in [0, 0.1) is 11.7 Å². The molecule has 0 heterocycles. The normalized spacial score (nSPS) is 17.1. The summed E-state index contributed by atoms with van der Waals surface area (Å²) < 4.78 is 18.7. The van der Waals surface area contributed by atoms with Gasteiger partial charge in [0.05, 0.1) is 17.3 Å². The van der Waals surface area contributed by atoms with E-state index in [0.717, 1.165) is 0 Å². The van der Waals surface area contributed by atoms with E-state index in [2.05, 4.69) is 0 Å². The molecule has 2 nitrogen and oxygen atoms in total. The van der Waals surface area contributed by atoms with Gasteiger partial charge in [-0.15, -0.1) is 0 Å². The van der Waals surface area contributed by atoms with Crippen LogP contribution >= 0.6 is 11.6 Å². The maximum Gasteiger partial charge on any atom is 0.144 e. The molecule has 0 atom stereocenters. The quantitative estimate of drug-likeness (QED) is 0.830. The smallest absolute Gasteiger partial charge is 0.144 e. The monoisotopic (exact) mass is 257 g/mol. The predicted octanol–water partition coefficient (Wildman–Crippen LogP) is 4.02. The lowest BCUT2D eigenvalue weighted by molar-refractivity contribution is 0.209. The lowest BCUT2D eigenvalue weighted by atomic mass is 9.90. The molecule has 0 unspecified atom stereocenters. The van der Waals surface area contributed by atoms with Crippen molar-refractivity contribution in [1.82, 2.24) is 0 Å². The van der Waals surface area contributed by atoms with Gasteiger partial charge in [0.2, 0.25) is 0 Å². The minimum absolute atomic E-state index is 0.0536. The second-order valence-electron chi connectivity index (χ2n) is 4.62. The van der Waals surface area contributed by atoms with Crippen molar-refractivity contribution >= 4 is 17.3 Å². The molecule has 0 spiro atoms. The highest BCUT2D eigenvalue weighted by Gasteiger charge is 2.15. The summed E-state index contributed by atoms with van der Waals surface area (Å²) in [5, 5.41) is 0.0536. The van der Waals surface area contributed by atoms with Crippen molar-refractivity contribution in [3.05, 3.63) is 23.0 Å². The summed E-state index contributed by atoms with van der Waals surface area (Å²) in [5.41, 5.74) is 5.99. The van der Waals surface area contributed by atoms with Crippen LogP contribution in [0.3, 0.4) is 0 Å². The maximum absolute atomic E-state index is 13.1. The molecule has 1 aliphatic rings. The molecule has 0 saturated heterocycles. The Kier molecular flexibility index (Phi) is 4.11. The molecule has 94 valence electrons. The topological polar surface area (TPSA) is 35.2 Å². The fraction of sp³-hybridized carbons (Fsp3) is 0.538. The third kappa shape index (κ3) is 3.25. The number of nitrogens with two attached hydrogens (primary N) is 1. The van der Waals surface area contributed by atoms with Crippen molar-refractivity contribution in [2.45, 2.75) is 32.1 Å². The first-order valence-corrected chi connectivity index (χ1v) is 6.42. The number of halogens is 2. The first-order chi connectivity index (χ1) is 8.16. The van der Waals surface area contributed by atoms with E-state index < -0.39 is 5.82 Å². The number of benzene rings is 1. The molecule has 0 aromatic heterocycles. The van der Waals surface area contributed by atoms with E-state index in [1.807, 2.05) is 0 Å². The molecule has 1 aliphatic carbocycles. The van der Waals surface area contributed by atoms with Gasteiger partial charge >= 0.3 is 0 Å². The van der Waals surface area contributed by atoms with E-state index in [0.29, 0.717) is 24.0 Å². The van der Waals surface area contributed by atoms with Crippen LogP contribution in [-0.2, 0) is 0 Å². The third-order valence-electron chi connectivity index (χ3n) is 3.25. The first kappa shape index (κ1) is 12.5. The minimum Gasteiger partial charge on any atom is -0.491 e. The summed E-state index contributed by atoms with van der Waals surface area (Å²) in [4.78, 5) is 0. The third-order valence-corrected chi connectivity index (χ3v) is 3.54. The van der Waals surface area contributed by atoms with E-state index in [4.69, 9.17) is 22.1 Å². The predicted molar refractivity (Wildman–Crippen MR) is 67.9 cm³/mol. The van der Waals surface area contributed by atoms with Gasteiger partial charge in [-0.3, -0.25) is 0 Å². The summed E-state index contributed by atoms with van der Waals surface area (Å²) in [6.45, 7) is 0.645. The molecule has 1 aromatic carbocycles. The van der Waals surface area contributed by atoms with Crippen LogP contribution in [0.2, 0.25) is 5.02 Å². The van der Waals surface area contributed by atoms with Crippen LogP contribution in [0.15, 0.2) is 12.1 Å². The van der Waals surface area contributed by atoms with Crippen LogP contribution < -0.4 is 10.5 Å². The lowest BCUT2D eigenvalue weighted by Crippen LogP contribution is -2.15. The van der Waals surface area contributed by atoms with Gasteiger partial charge in [-0.25, -0.2) is 4.39 Å². The molecule has 2 N–H and O–H groups in total. The molecule has 2 rings (SSSR count). The minimum atomic E-state index is -0.505. The molecule has 0 amide bonds. The van der Waals surface area contributed by atoms with Gasteiger partial charge in [0.25, 0.3) is 0 Å². The molecule has 1 saturated carbocycles. The fourth-order valence-corrected chi connectivity index (χ4v) is 2.38. The van der Waals surface area contributed by atoms with Gasteiger partial charge in [0.15, 0.2) is 0 Å². The Balaban J connectivity index is 1.96. The van der Waals surface area contributed by atoms with Crippen molar-refractivity contribution in [2.24, 2.45) is 5.92 Å². The average Bonchev–Trinajstić information content (AvgIpc) is 2.33. The molecule has 0 radical (unpaired) electrons. The maximum atomic E-state index is 13.1. The molecular formula is C13H17ClFNO. The zero-order valence-electron chi connectivity index (χ0n) is 9.72. The van der Waals surface area contributed by atoms with Crippen LogP contribution in [-0.4, -0.2) is 6.61 Å². The molecular weight excluding hydrogens is 241 g/mol. The van der Waals surface area contributed by atoms with Crippen molar-refractivity contribution < 1.29 is 9.13 Å². The Morgan fingerprint density at radius 3 is 2.71 bits per heavy atom. The summed E-state index contributed by atoms with van der Waals surface area (Å²) in [5.74, 6) is 0.572. The Labute approximate surface area is 106 Å². The standard InChI is InChI=1S/C13H17ClFNO/c14-10-6-13(12(16)7-11(10)15)17-8-9-4-2-1-3-5-9/h6-7,9H,1-5,8,16H2. The SMILES string of the molecule is Nc1cc(F)c(Cl)cc1OCC1CCCCC1. The van der Waals surface area contributed by atoms with E-state index in [1.165, 1.54) is 44.2 Å². The average molecular weight is 258 g/mol. The second-order valence-corrected chi connectivity index (χ2v) is 5.03. The van der Waals surface area contributed by atoms with Gasteiger partial charge in [-0.1, -0.05) is 30.9 Å². The lowest BCUT2D eigenvalue weighted by Gasteiger charge is -2.22. The van der Waals surface area contributed by atoms with Crippen LogP contribution in [0.1, 0.15) is 32.1 Å². The molecule has 17 heavy (non-hydrogen) atoms. The molecule has 0 aliphatic heterocycles.